The summed E-state index contributed by atoms with van der Waals surface area (Å²) in [6.07, 6.45) is 2.94. The van der Waals surface area contributed by atoms with Crippen molar-refractivity contribution < 1.29 is 4.52 Å². The monoisotopic (exact) mass is 195 g/mol. The van der Waals surface area contributed by atoms with Gasteiger partial charge >= 0.3 is 0 Å². The van der Waals surface area contributed by atoms with Crippen molar-refractivity contribution in [3.63, 3.8) is 0 Å². The van der Waals surface area contributed by atoms with Crippen LogP contribution in [0, 0.1) is 6.92 Å². The highest BCUT2D eigenvalue weighted by molar-refractivity contribution is 4.94. The molecule has 0 aliphatic rings. The molecule has 0 aliphatic carbocycles. The molecule has 0 fully saturated rings. The molecule has 0 spiro atoms. The Hall–Kier alpha value is -1.16. The minimum atomic E-state index is 0.698. The lowest BCUT2D eigenvalue weighted by Gasteiger charge is -1.98. The van der Waals surface area contributed by atoms with Crippen LogP contribution in [0.2, 0.25) is 0 Å². The van der Waals surface area contributed by atoms with Gasteiger partial charge < -0.3 is 9.84 Å². The first-order valence-corrected chi connectivity index (χ1v) is 4.82. The lowest BCUT2D eigenvalue weighted by Crippen LogP contribution is -2.17. The molecule has 0 saturated carbocycles. The highest BCUT2D eigenvalue weighted by Gasteiger charge is 2.00. The lowest BCUT2D eigenvalue weighted by molar-refractivity contribution is 0.373. The van der Waals surface area contributed by atoms with E-state index in [1.807, 2.05) is 6.92 Å². The molecule has 1 N–H and O–H groups in total. The Kier molecular flexibility index (Phi) is 4.32. The Morgan fingerprint density at radius 2 is 2.29 bits per heavy atom. The van der Waals surface area contributed by atoms with Crippen LogP contribution in [0.5, 0.6) is 0 Å². The normalized spacial score (nSPS) is 10.2. The highest BCUT2D eigenvalue weighted by atomic mass is 16.5. The number of nitrogens with zero attached hydrogens (tertiary/aromatic N) is 2. The predicted octanol–water partition coefficient (Wildman–Crippen LogP) is 1.48. The molecule has 4 heteroatoms. The van der Waals surface area contributed by atoms with Crippen molar-refractivity contribution in [2.75, 3.05) is 13.1 Å². The zero-order valence-corrected chi connectivity index (χ0v) is 9.00. The maximum atomic E-state index is 4.98. The van der Waals surface area contributed by atoms with Gasteiger partial charge in [0.2, 0.25) is 5.89 Å². The number of nitrogens with one attached hydrogen (secondary N) is 1. The van der Waals surface area contributed by atoms with Gasteiger partial charge in [0.05, 0.1) is 0 Å². The van der Waals surface area contributed by atoms with Crippen molar-refractivity contribution in [3.8, 4) is 0 Å². The second kappa shape index (κ2) is 5.54. The van der Waals surface area contributed by atoms with Crippen molar-refractivity contribution in [2.24, 2.45) is 0 Å². The molecule has 78 valence electrons. The zero-order chi connectivity index (χ0) is 10.4. The number of allylic oxidation sites excluding steroid dienone is 1. The fourth-order valence-electron chi connectivity index (χ4n) is 1.02. The molecule has 0 bridgehead atoms. The third-order valence-corrected chi connectivity index (χ3v) is 1.74. The summed E-state index contributed by atoms with van der Waals surface area (Å²) >= 11 is 0. The SMILES string of the molecule is CC(C)=CCNCCc1nc(C)no1. The molecule has 0 aliphatic heterocycles. The third-order valence-electron chi connectivity index (χ3n) is 1.74. The van der Waals surface area contributed by atoms with E-state index in [9.17, 15) is 0 Å². The molecule has 1 rings (SSSR count). The summed E-state index contributed by atoms with van der Waals surface area (Å²) in [7, 11) is 0. The Morgan fingerprint density at radius 3 is 2.86 bits per heavy atom. The maximum absolute atomic E-state index is 4.98. The Balaban J connectivity index is 2.13. The predicted molar refractivity (Wildman–Crippen MR) is 55.0 cm³/mol. The molecule has 0 atom stereocenters. The van der Waals surface area contributed by atoms with Gasteiger partial charge in [0.15, 0.2) is 5.82 Å². The minimum absolute atomic E-state index is 0.698. The van der Waals surface area contributed by atoms with Crippen molar-refractivity contribution in [1.82, 2.24) is 15.5 Å². The Morgan fingerprint density at radius 1 is 1.50 bits per heavy atom. The fraction of sp³-hybridized carbons (Fsp3) is 0.600. The summed E-state index contributed by atoms with van der Waals surface area (Å²) in [4.78, 5) is 4.11. The molecular formula is C10H17N3O. The second-order valence-electron chi connectivity index (χ2n) is 3.47. The van der Waals surface area contributed by atoms with Gasteiger partial charge in [0.25, 0.3) is 0 Å². The van der Waals surface area contributed by atoms with Gasteiger partial charge in [-0.15, -0.1) is 0 Å². The molecule has 1 aromatic heterocycles. The van der Waals surface area contributed by atoms with Crippen LogP contribution in [0.25, 0.3) is 0 Å². The summed E-state index contributed by atoms with van der Waals surface area (Å²) in [5, 5.41) is 6.99. The number of aryl methyl sites for hydroxylation is 1. The van der Waals surface area contributed by atoms with E-state index in [0.717, 1.165) is 19.5 Å². The van der Waals surface area contributed by atoms with Crippen LogP contribution in [0.15, 0.2) is 16.2 Å². The van der Waals surface area contributed by atoms with Crippen molar-refractivity contribution >= 4 is 0 Å². The van der Waals surface area contributed by atoms with E-state index >= 15 is 0 Å². The minimum Gasteiger partial charge on any atom is -0.339 e. The van der Waals surface area contributed by atoms with Crippen molar-refractivity contribution in [3.05, 3.63) is 23.4 Å². The number of hydrogen-bond acceptors (Lipinski definition) is 4. The molecule has 4 nitrogen and oxygen atoms in total. The van der Waals surface area contributed by atoms with Crippen LogP contribution in [0.4, 0.5) is 0 Å². The zero-order valence-electron chi connectivity index (χ0n) is 9.00. The van der Waals surface area contributed by atoms with Crippen molar-refractivity contribution in [1.29, 1.82) is 0 Å². The molecule has 1 heterocycles. The average molecular weight is 195 g/mol. The first kappa shape index (κ1) is 10.9. The van der Waals surface area contributed by atoms with Gasteiger partial charge in [-0.1, -0.05) is 16.8 Å². The summed E-state index contributed by atoms with van der Waals surface area (Å²) in [5.74, 6) is 1.40. The fourth-order valence-corrected chi connectivity index (χ4v) is 1.02. The lowest BCUT2D eigenvalue weighted by atomic mass is 10.3. The highest BCUT2D eigenvalue weighted by Crippen LogP contribution is 1.95. The van der Waals surface area contributed by atoms with Crippen molar-refractivity contribution in [2.45, 2.75) is 27.2 Å². The summed E-state index contributed by atoms with van der Waals surface area (Å²) < 4.78 is 4.98. The maximum Gasteiger partial charge on any atom is 0.227 e. The van der Waals surface area contributed by atoms with Gasteiger partial charge in [0, 0.05) is 19.5 Å². The Bertz CT molecular complexity index is 300. The van der Waals surface area contributed by atoms with E-state index in [4.69, 9.17) is 4.52 Å². The first-order valence-electron chi connectivity index (χ1n) is 4.82. The van der Waals surface area contributed by atoms with Gasteiger partial charge in [-0.3, -0.25) is 0 Å². The largest absolute Gasteiger partial charge is 0.339 e. The Labute approximate surface area is 84.4 Å². The van der Waals surface area contributed by atoms with E-state index in [2.05, 4.69) is 35.4 Å². The molecule has 1 aromatic rings. The van der Waals surface area contributed by atoms with Crippen LogP contribution in [-0.2, 0) is 6.42 Å². The van der Waals surface area contributed by atoms with E-state index in [-0.39, 0.29) is 0 Å². The molecule has 0 saturated heterocycles. The van der Waals surface area contributed by atoms with E-state index in [0.29, 0.717) is 11.7 Å². The van der Waals surface area contributed by atoms with Crippen LogP contribution >= 0.6 is 0 Å². The molecule has 0 amide bonds. The summed E-state index contributed by atoms with van der Waals surface area (Å²) in [6.45, 7) is 7.76. The average Bonchev–Trinajstić information content (AvgIpc) is 2.50. The number of rotatable bonds is 5. The molecular weight excluding hydrogens is 178 g/mol. The molecule has 0 unspecified atom stereocenters. The molecule has 0 aromatic carbocycles. The topological polar surface area (TPSA) is 51.0 Å². The summed E-state index contributed by atoms with van der Waals surface area (Å²) in [6, 6.07) is 0. The van der Waals surface area contributed by atoms with E-state index in [1.165, 1.54) is 5.57 Å². The standard InChI is InChI=1S/C10H17N3O/c1-8(2)4-6-11-7-5-10-12-9(3)13-14-10/h4,11H,5-7H2,1-3H3. The van der Waals surface area contributed by atoms with E-state index < -0.39 is 0 Å². The second-order valence-corrected chi connectivity index (χ2v) is 3.47. The van der Waals surface area contributed by atoms with Gasteiger partial charge in [-0.05, 0) is 20.8 Å². The van der Waals surface area contributed by atoms with Crippen LogP contribution < -0.4 is 5.32 Å². The quantitative estimate of drug-likeness (QED) is 0.571. The number of hydrogen-bond donors (Lipinski definition) is 1. The summed E-state index contributed by atoms with van der Waals surface area (Å²) in [5.41, 5.74) is 1.33. The van der Waals surface area contributed by atoms with Crippen LogP contribution in [0.1, 0.15) is 25.6 Å². The molecule has 14 heavy (non-hydrogen) atoms. The first-order chi connectivity index (χ1) is 6.68. The van der Waals surface area contributed by atoms with Crippen LogP contribution in [-0.4, -0.2) is 23.2 Å². The molecule has 0 radical (unpaired) electrons. The van der Waals surface area contributed by atoms with Gasteiger partial charge in [0.1, 0.15) is 0 Å². The van der Waals surface area contributed by atoms with Crippen LogP contribution in [0.3, 0.4) is 0 Å². The van der Waals surface area contributed by atoms with Gasteiger partial charge in [-0.25, -0.2) is 0 Å². The smallest absolute Gasteiger partial charge is 0.227 e. The van der Waals surface area contributed by atoms with Gasteiger partial charge in [-0.2, -0.15) is 4.98 Å². The third kappa shape index (κ3) is 4.18. The van der Waals surface area contributed by atoms with E-state index in [1.54, 1.807) is 0 Å². The number of aromatic nitrogens is 2.